The summed E-state index contributed by atoms with van der Waals surface area (Å²) >= 11 is 5.94. The Kier molecular flexibility index (Phi) is 4.74. The first-order chi connectivity index (χ1) is 9.60. The summed E-state index contributed by atoms with van der Waals surface area (Å²) in [6.07, 6.45) is 4.28. The van der Waals surface area contributed by atoms with Crippen molar-refractivity contribution >= 4 is 17.3 Å². The van der Waals surface area contributed by atoms with Crippen LogP contribution in [0.15, 0.2) is 41.7 Å². The molecule has 103 valence electrons. The largest absolute Gasteiger partial charge is 0.411 e. The molecule has 0 saturated carbocycles. The highest BCUT2D eigenvalue weighted by Gasteiger charge is 2.07. The lowest BCUT2D eigenvalue weighted by atomic mass is 9.99. The molecule has 4 heteroatoms. The van der Waals surface area contributed by atoms with Crippen LogP contribution in [0.5, 0.6) is 0 Å². The molecule has 1 radical (unpaired) electrons. The Labute approximate surface area is 123 Å². The van der Waals surface area contributed by atoms with Gasteiger partial charge in [-0.05, 0) is 55.7 Å². The van der Waals surface area contributed by atoms with Gasteiger partial charge in [-0.1, -0.05) is 22.8 Å². The molecule has 2 rings (SSSR count). The Morgan fingerprint density at radius 1 is 1.30 bits per heavy atom. The van der Waals surface area contributed by atoms with Crippen LogP contribution in [0.4, 0.5) is 0 Å². The molecule has 2 aromatic rings. The number of hydrogen-bond donors (Lipinski definition) is 1. The minimum absolute atomic E-state index is 0.544. The highest BCUT2D eigenvalue weighted by Crippen LogP contribution is 2.19. The van der Waals surface area contributed by atoms with Crippen LogP contribution in [0.25, 0.3) is 0 Å². The minimum atomic E-state index is 0.544. The molecule has 1 heterocycles. The predicted octanol–water partition coefficient (Wildman–Crippen LogP) is 4.17. The number of aryl methyl sites for hydroxylation is 2. The third-order valence-corrected chi connectivity index (χ3v) is 3.33. The standard InChI is InChI=1S/C16H16ClN2O/c1-11-9-15(17)5-3-13(11)4-6-16(19-20)14-7-8-18-12(2)10-14/h3-5,7-10,20H,6H2,1-2H3. The Balaban J connectivity index is 2.12. The minimum Gasteiger partial charge on any atom is -0.411 e. The van der Waals surface area contributed by atoms with Gasteiger partial charge in [-0.15, -0.1) is 0 Å². The average molecular weight is 288 g/mol. The van der Waals surface area contributed by atoms with Crippen LogP contribution in [-0.4, -0.2) is 15.9 Å². The van der Waals surface area contributed by atoms with E-state index < -0.39 is 0 Å². The molecule has 1 aromatic heterocycles. The molecule has 0 atom stereocenters. The van der Waals surface area contributed by atoms with Gasteiger partial charge in [0.15, 0.2) is 0 Å². The van der Waals surface area contributed by atoms with Crippen molar-refractivity contribution in [2.24, 2.45) is 5.16 Å². The van der Waals surface area contributed by atoms with Gasteiger partial charge in [0.05, 0.1) is 5.71 Å². The van der Waals surface area contributed by atoms with Crippen molar-refractivity contribution in [3.8, 4) is 0 Å². The zero-order valence-electron chi connectivity index (χ0n) is 11.5. The van der Waals surface area contributed by atoms with Gasteiger partial charge in [0.25, 0.3) is 0 Å². The predicted molar refractivity (Wildman–Crippen MR) is 81.5 cm³/mol. The molecular weight excluding hydrogens is 272 g/mol. The Hall–Kier alpha value is -1.87. The third-order valence-electron chi connectivity index (χ3n) is 3.10. The monoisotopic (exact) mass is 287 g/mol. The first-order valence-electron chi connectivity index (χ1n) is 6.33. The molecule has 20 heavy (non-hydrogen) atoms. The molecule has 0 amide bonds. The summed E-state index contributed by atoms with van der Waals surface area (Å²) in [5, 5.41) is 13.3. The maximum absolute atomic E-state index is 9.19. The maximum atomic E-state index is 9.19. The summed E-state index contributed by atoms with van der Waals surface area (Å²) in [6, 6.07) is 9.47. The van der Waals surface area contributed by atoms with Crippen molar-refractivity contribution in [1.82, 2.24) is 4.98 Å². The number of aromatic nitrogens is 1. The molecule has 0 aliphatic heterocycles. The second-order valence-electron chi connectivity index (χ2n) is 4.64. The molecule has 0 unspecified atom stereocenters. The van der Waals surface area contributed by atoms with Crippen molar-refractivity contribution in [2.45, 2.75) is 20.3 Å². The molecule has 0 saturated heterocycles. The Bertz CT molecular complexity index is 638. The molecule has 0 aliphatic rings. The molecule has 3 nitrogen and oxygen atoms in total. The van der Waals surface area contributed by atoms with E-state index >= 15 is 0 Å². The molecule has 0 aliphatic carbocycles. The Morgan fingerprint density at radius 2 is 2.10 bits per heavy atom. The van der Waals surface area contributed by atoms with E-state index in [9.17, 15) is 5.21 Å². The quantitative estimate of drug-likeness (QED) is 0.521. The topological polar surface area (TPSA) is 45.5 Å². The van der Waals surface area contributed by atoms with Gasteiger partial charge in [0, 0.05) is 28.9 Å². The molecular formula is C16H16ClN2O. The molecule has 0 spiro atoms. The van der Waals surface area contributed by atoms with Gasteiger partial charge in [0.2, 0.25) is 0 Å². The normalized spacial score (nSPS) is 11.7. The average Bonchev–Trinajstić information content (AvgIpc) is 2.41. The first kappa shape index (κ1) is 14.5. The van der Waals surface area contributed by atoms with Crippen LogP contribution in [0.1, 0.15) is 28.8 Å². The molecule has 1 N–H and O–H groups in total. The smallest absolute Gasteiger partial charge is 0.0875 e. The number of nitrogens with zero attached hydrogens (tertiary/aromatic N) is 2. The second-order valence-corrected chi connectivity index (χ2v) is 5.08. The van der Waals surface area contributed by atoms with E-state index in [-0.39, 0.29) is 0 Å². The van der Waals surface area contributed by atoms with Crippen LogP contribution in [-0.2, 0) is 0 Å². The summed E-state index contributed by atoms with van der Waals surface area (Å²) in [7, 11) is 0. The molecule has 1 aromatic carbocycles. The summed E-state index contributed by atoms with van der Waals surface area (Å²) in [6.45, 7) is 3.91. The summed E-state index contributed by atoms with van der Waals surface area (Å²) in [5.41, 5.74) is 4.57. The fraction of sp³-hybridized carbons (Fsp3) is 0.188. The van der Waals surface area contributed by atoms with E-state index in [0.29, 0.717) is 12.1 Å². The lowest BCUT2D eigenvalue weighted by Gasteiger charge is -2.08. The van der Waals surface area contributed by atoms with E-state index in [2.05, 4.69) is 10.1 Å². The Morgan fingerprint density at radius 3 is 2.75 bits per heavy atom. The molecule has 0 bridgehead atoms. The van der Waals surface area contributed by atoms with Gasteiger partial charge in [-0.2, -0.15) is 0 Å². The maximum Gasteiger partial charge on any atom is 0.0875 e. The third kappa shape index (κ3) is 3.58. The van der Waals surface area contributed by atoms with Gasteiger partial charge in [-0.25, -0.2) is 0 Å². The van der Waals surface area contributed by atoms with Gasteiger partial charge in [-0.3, -0.25) is 4.98 Å². The van der Waals surface area contributed by atoms with E-state index in [0.717, 1.165) is 27.4 Å². The lowest BCUT2D eigenvalue weighted by molar-refractivity contribution is 0.318. The van der Waals surface area contributed by atoms with E-state index in [1.165, 1.54) is 0 Å². The van der Waals surface area contributed by atoms with Crippen molar-refractivity contribution in [3.05, 3.63) is 70.4 Å². The number of halogens is 1. The van der Waals surface area contributed by atoms with Crippen LogP contribution >= 0.6 is 11.6 Å². The fourth-order valence-corrected chi connectivity index (χ4v) is 2.24. The highest BCUT2D eigenvalue weighted by molar-refractivity contribution is 6.30. The van der Waals surface area contributed by atoms with Gasteiger partial charge in [0.1, 0.15) is 0 Å². The first-order valence-corrected chi connectivity index (χ1v) is 6.71. The fourth-order valence-electron chi connectivity index (χ4n) is 2.02. The number of rotatable bonds is 4. The summed E-state index contributed by atoms with van der Waals surface area (Å²) in [4.78, 5) is 4.14. The van der Waals surface area contributed by atoms with Crippen LogP contribution in [0, 0.1) is 20.3 Å². The zero-order chi connectivity index (χ0) is 14.5. The van der Waals surface area contributed by atoms with E-state index in [1.807, 2.05) is 50.6 Å². The van der Waals surface area contributed by atoms with Crippen molar-refractivity contribution in [3.63, 3.8) is 0 Å². The number of oxime groups is 1. The SMILES string of the molecule is Cc1cc(C(C[CH]c2ccc(Cl)cc2C)=NO)ccn1. The van der Waals surface area contributed by atoms with Crippen molar-refractivity contribution in [1.29, 1.82) is 0 Å². The summed E-state index contributed by atoms with van der Waals surface area (Å²) < 4.78 is 0. The summed E-state index contributed by atoms with van der Waals surface area (Å²) in [5.74, 6) is 0. The van der Waals surface area contributed by atoms with Crippen LogP contribution < -0.4 is 0 Å². The van der Waals surface area contributed by atoms with E-state index in [4.69, 9.17) is 11.6 Å². The number of hydrogen-bond acceptors (Lipinski definition) is 3. The van der Waals surface area contributed by atoms with Gasteiger partial charge < -0.3 is 5.21 Å². The van der Waals surface area contributed by atoms with Crippen LogP contribution in [0.3, 0.4) is 0 Å². The van der Waals surface area contributed by atoms with Crippen molar-refractivity contribution in [2.75, 3.05) is 0 Å². The lowest BCUT2D eigenvalue weighted by Crippen LogP contribution is -2.03. The van der Waals surface area contributed by atoms with Gasteiger partial charge >= 0.3 is 0 Å². The van der Waals surface area contributed by atoms with E-state index in [1.54, 1.807) is 6.20 Å². The van der Waals surface area contributed by atoms with Crippen LogP contribution in [0.2, 0.25) is 5.02 Å². The number of benzene rings is 1. The van der Waals surface area contributed by atoms with Crippen molar-refractivity contribution < 1.29 is 5.21 Å². The zero-order valence-corrected chi connectivity index (χ0v) is 12.2. The highest BCUT2D eigenvalue weighted by atomic mass is 35.5. The molecule has 0 fully saturated rings. The second kappa shape index (κ2) is 6.53. The number of pyridine rings is 1.